The molecule has 1 fully saturated rings. The van der Waals surface area contributed by atoms with Gasteiger partial charge in [0.15, 0.2) is 5.82 Å². The third kappa shape index (κ3) is 3.14. The molecule has 2 heterocycles. The lowest BCUT2D eigenvalue weighted by Crippen LogP contribution is -2.28. The summed E-state index contributed by atoms with van der Waals surface area (Å²) < 4.78 is 28.1. The van der Waals surface area contributed by atoms with Gasteiger partial charge in [0.2, 0.25) is 9.84 Å². The van der Waals surface area contributed by atoms with Crippen LogP contribution in [0.25, 0.3) is 22.3 Å². The van der Waals surface area contributed by atoms with Crippen LogP contribution in [0.15, 0.2) is 76.5 Å². The lowest BCUT2D eigenvalue weighted by molar-refractivity contribution is 0.0407. The number of hydrogen-bond acceptors (Lipinski definition) is 6. The number of rotatable bonds is 0. The predicted octanol–water partition coefficient (Wildman–Crippen LogP) is 4.95. The zero-order valence-corrected chi connectivity index (χ0v) is 19.1. The maximum Gasteiger partial charge on any atom is 0.209 e. The molecule has 166 valence electrons. The minimum Gasteiger partial charge on any atom is -0.385 e. The molecule has 1 saturated carbocycles. The maximum absolute atomic E-state index is 14.1. The van der Waals surface area contributed by atoms with Crippen molar-refractivity contribution >= 4 is 38.2 Å². The first-order valence-electron chi connectivity index (χ1n) is 10.8. The summed E-state index contributed by atoms with van der Waals surface area (Å²) in [6, 6.07) is 19.1. The molecule has 1 aliphatic heterocycles. The summed E-state index contributed by atoms with van der Waals surface area (Å²) in [6.45, 7) is 0. The maximum atomic E-state index is 14.1. The second-order valence-electron chi connectivity index (χ2n) is 8.64. The van der Waals surface area contributed by atoms with Crippen molar-refractivity contribution in [3.05, 3.63) is 77.3 Å². The molecule has 0 amide bonds. The highest BCUT2D eigenvalue weighted by Crippen LogP contribution is 2.46. The number of aromatic nitrogens is 2. The molecule has 0 radical (unpaired) electrons. The number of nitrogens with zero attached hydrogens (tertiary/aromatic N) is 2. The normalized spacial score (nSPS) is 23.0. The summed E-state index contributed by atoms with van der Waals surface area (Å²) in [6.07, 6.45) is 1.47. The van der Waals surface area contributed by atoms with Crippen LogP contribution in [0.1, 0.15) is 24.8 Å². The van der Waals surface area contributed by atoms with E-state index in [-0.39, 0.29) is 26.7 Å². The molecular formula is C25H20ClN3O3S. The molecule has 33 heavy (non-hydrogen) atoms. The summed E-state index contributed by atoms with van der Waals surface area (Å²) in [5, 5.41) is 16.0. The number of aliphatic hydroxyl groups is 1. The summed E-state index contributed by atoms with van der Waals surface area (Å²) >= 11 is 6.52. The number of anilines is 1. The van der Waals surface area contributed by atoms with E-state index in [1.54, 1.807) is 36.4 Å². The second kappa shape index (κ2) is 7.25. The fraction of sp³-hybridized carbons (Fsp3) is 0.200. The molecule has 0 spiro atoms. The van der Waals surface area contributed by atoms with Crippen molar-refractivity contribution in [2.24, 2.45) is 0 Å². The Morgan fingerprint density at radius 1 is 1.00 bits per heavy atom. The number of benzene rings is 3. The van der Waals surface area contributed by atoms with Crippen LogP contribution in [0.3, 0.4) is 0 Å². The average Bonchev–Trinajstić information content (AvgIpc) is 3.19. The van der Waals surface area contributed by atoms with Crippen molar-refractivity contribution < 1.29 is 13.5 Å². The van der Waals surface area contributed by atoms with Gasteiger partial charge in [-0.2, -0.15) is 0 Å². The van der Waals surface area contributed by atoms with Crippen molar-refractivity contribution in [2.45, 2.75) is 40.7 Å². The zero-order valence-electron chi connectivity index (χ0n) is 17.5. The van der Waals surface area contributed by atoms with Crippen LogP contribution in [0.5, 0.6) is 0 Å². The molecule has 1 aliphatic carbocycles. The third-order valence-electron chi connectivity index (χ3n) is 6.59. The number of hydrogen-bond donors (Lipinski definition) is 2. The Kier molecular flexibility index (Phi) is 4.52. The molecule has 2 N–H and O–H groups in total. The molecule has 8 heteroatoms. The Morgan fingerprint density at radius 3 is 2.67 bits per heavy atom. The first-order chi connectivity index (χ1) is 15.9. The first-order valence-corrected chi connectivity index (χ1v) is 12.6. The molecule has 6 rings (SSSR count). The number of halogens is 1. The monoisotopic (exact) mass is 477 g/mol. The van der Waals surface area contributed by atoms with Crippen LogP contribution in [0.2, 0.25) is 5.02 Å². The zero-order chi connectivity index (χ0) is 22.8. The lowest BCUT2D eigenvalue weighted by Gasteiger charge is -2.27. The minimum absolute atomic E-state index is 0.0564. The standard InChI is InChI=1S/C25H20ClN3O3S/c26-19-9-5-7-17-22(19)33(31,32)21-11-4-2-8-18(21)25(30)13-12-15(14-25)27-23-16-6-1-3-10-20(16)28-24(17)29-23/h1-11,15,30H,12-14H2,(H,27,28,29). The van der Waals surface area contributed by atoms with Crippen molar-refractivity contribution in [3.63, 3.8) is 0 Å². The SMILES string of the molecule is O=S1(=O)c2ccccc2C2(O)CCC(C2)Nc2nc(nc3ccccc23)-c2cccc(Cl)c21. The predicted molar refractivity (Wildman–Crippen MR) is 127 cm³/mol. The molecule has 3 aromatic carbocycles. The quantitative estimate of drug-likeness (QED) is 0.372. The van der Waals surface area contributed by atoms with Crippen LogP contribution in [-0.4, -0.2) is 29.5 Å². The van der Waals surface area contributed by atoms with Gasteiger partial charge < -0.3 is 10.4 Å². The highest BCUT2D eigenvalue weighted by atomic mass is 35.5. The molecule has 1 aromatic heterocycles. The van der Waals surface area contributed by atoms with E-state index >= 15 is 0 Å². The summed E-state index contributed by atoms with van der Waals surface area (Å²) in [5.41, 5.74) is 0.133. The van der Waals surface area contributed by atoms with Gasteiger partial charge in [0.05, 0.1) is 21.0 Å². The van der Waals surface area contributed by atoms with Crippen molar-refractivity contribution in [3.8, 4) is 11.4 Å². The van der Waals surface area contributed by atoms with E-state index in [1.165, 1.54) is 6.07 Å². The molecule has 2 atom stereocenters. The van der Waals surface area contributed by atoms with Gasteiger partial charge in [-0.05, 0) is 43.2 Å². The summed E-state index contributed by atoms with van der Waals surface area (Å²) in [5.74, 6) is 0.894. The molecule has 0 saturated heterocycles. The van der Waals surface area contributed by atoms with Gasteiger partial charge in [0.25, 0.3) is 0 Å². The smallest absolute Gasteiger partial charge is 0.209 e. The van der Waals surface area contributed by atoms with Crippen LogP contribution >= 0.6 is 11.6 Å². The van der Waals surface area contributed by atoms with Gasteiger partial charge in [-0.25, -0.2) is 18.4 Å². The van der Waals surface area contributed by atoms with Gasteiger partial charge in [0, 0.05) is 29.0 Å². The fourth-order valence-corrected chi connectivity index (χ4v) is 7.32. The summed E-state index contributed by atoms with van der Waals surface area (Å²) in [4.78, 5) is 9.44. The minimum atomic E-state index is -4.10. The fourth-order valence-electron chi connectivity index (χ4n) is 5.05. The van der Waals surface area contributed by atoms with E-state index in [9.17, 15) is 13.5 Å². The van der Waals surface area contributed by atoms with Crippen molar-refractivity contribution in [2.75, 3.05) is 5.32 Å². The number of sulfone groups is 1. The highest BCUT2D eigenvalue weighted by Gasteiger charge is 2.43. The van der Waals surface area contributed by atoms with Crippen LogP contribution in [-0.2, 0) is 15.4 Å². The molecule has 4 bridgehead atoms. The Morgan fingerprint density at radius 2 is 1.79 bits per heavy atom. The second-order valence-corrected chi connectivity index (χ2v) is 10.9. The van der Waals surface area contributed by atoms with Crippen LogP contribution < -0.4 is 5.32 Å². The average molecular weight is 478 g/mol. The number of nitrogens with one attached hydrogen (secondary N) is 1. The molecular weight excluding hydrogens is 458 g/mol. The lowest BCUT2D eigenvalue weighted by atomic mass is 9.92. The van der Waals surface area contributed by atoms with E-state index in [0.29, 0.717) is 41.7 Å². The van der Waals surface area contributed by atoms with E-state index in [2.05, 4.69) is 10.3 Å². The largest absolute Gasteiger partial charge is 0.385 e. The molecule has 6 nitrogen and oxygen atoms in total. The molecule has 2 aliphatic rings. The van der Waals surface area contributed by atoms with E-state index in [0.717, 1.165) is 5.39 Å². The van der Waals surface area contributed by atoms with E-state index in [4.69, 9.17) is 16.6 Å². The first kappa shape index (κ1) is 20.6. The van der Waals surface area contributed by atoms with Gasteiger partial charge in [0.1, 0.15) is 10.7 Å². The van der Waals surface area contributed by atoms with Crippen molar-refractivity contribution in [1.29, 1.82) is 0 Å². The van der Waals surface area contributed by atoms with Gasteiger partial charge in [-0.1, -0.05) is 48.0 Å². The third-order valence-corrected chi connectivity index (χ3v) is 8.93. The molecule has 4 aromatic rings. The number of fused-ring (bicyclic) bond motifs is 10. The van der Waals surface area contributed by atoms with Gasteiger partial charge in [-0.3, -0.25) is 0 Å². The van der Waals surface area contributed by atoms with Crippen LogP contribution in [0, 0.1) is 0 Å². The van der Waals surface area contributed by atoms with Crippen molar-refractivity contribution in [1.82, 2.24) is 9.97 Å². The van der Waals surface area contributed by atoms with Gasteiger partial charge in [-0.15, -0.1) is 0 Å². The number of para-hydroxylation sites is 1. The van der Waals surface area contributed by atoms with Gasteiger partial charge >= 0.3 is 0 Å². The van der Waals surface area contributed by atoms with Crippen LogP contribution in [0.4, 0.5) is 5.82 Å². The topological polar surface area (TPSA) is 92.2 Å². The Labute approximate surface area is 196 Å². The summed E-state index contributed by atoms with van der Waals surface area (Å²) in [7, 11) is -4.10. The Balaban J connectivity index is 1.74. The van der Waals surface area contributed by atoms with E-state index < -0.39 is 15.4 Å². The van der Waals surface area contributed by atoms with E-state index in [1.807, 2.05) is 24.3 Å². The highest BCUT2D eigenvalue weighted by molar-refractivity contribution is 7.91. The Bertz CT molecular complexity index is 1540. The Hall–Kier alpha value is -3.00. The molecule has 2 unspecified atom stereocenters.